The first-order chi connectivity index (χ1) is 11.8. The summed E-state index contributed by atoms with van der Waals surface area (Å²) in [5.74, 6) is 0. The van der Waals surface area contributed by atoms with Gasteiger partial charge in [0.1, 0.15) is 0 Å². The van der Waals surface area contributed by atoms with Gasteiger partial charge in [0.15, 0.2) is 0 Å². The zero-order chi connectivity index (χ0) is 16.8. The third-order valence-electron chi connectivity index (χ3n) is 3.40. The number of aromatic nitrogens is 1. The van der Waals surface area contributed by atoms with Crippen molar-refractivity contribution in [3.8, 4) is 11.3 Å². The number of thiazole rings is 1. The van der Waals surface area contributed by atoms with Crippen LogP contribution in [0, 0.1) is 0 Å². The van der Waals surface area contributed by atoms with Crippen LogP contribution in [0.15, 0.2) is 82.8 Å². The number of hydrogen-bond donors (Lipinski definition) is 0. The molecule has 0 radical (unpaired) electrons. The van der Waals surface area contributed by atoms with E-state index in [-0.39, 0.29) is 0 Å². The normalized spacial score (nSPS) is 12.0. The van der Waals surface area contributed by atoms with Gasteiger partial charge in [-0.3, -0.25) is 0 Å². The molecule has 3 rings (SSSR count). The molecule has 2 aromatic carbocycles. The molecule has 3 nitrogen and oxygen atoms in total. The summed E-state index contributed by atoms with van der Waals surface area (Å²) in [4.78, 5) is 0.826. The van der Waals surface area contributed by atoms with Gasteiger partial charge in [0.05, 0.1) is 11.9 Å². The van der Waals surface area contributed by atoms with Crippen LogP contribution in [-0.4, -0.2) is 10.8 Å². The second-order valence-electron chi connectivity index (χ2n) is 5.06. The molecule has 1 heterocycles. The third-order valence-corrected chi connectivity index (χ3v) is 4.50. The van der Waals surface area contributed by atoms with E-state index >= 15 is 0 Å². The monoisotopic (exact) mass is 353 g/mol. The standard InChI is InChI=1S/C19H16ClN3S/c1-2-12-23-18(16-8-10-17(20)11-9-16)14-24-19(23)22-21-13-15-6-4-3-5-7-15/h2-11,13-14H,1,12H2/b21-13-,22-19-. The molecule has 0 aliphatic heterocycles. The summed E-state index contributed by atoms with van der Waals surface area (Å²) >= 11 is 7.53. The van der Waals surface area contributed by atoms with Crippen LogP contribution in [0.25, 0.3) is 11.3 Å². The van der Waals surface area contributed by atoms with Crippen LogP contribution >= 0.6 is 22.9 Å². The van der Waals surface area contributed by atoms with Crippen LogP contribution in [0.5, 0.6) is 0 Å². The lowest BCUT2D eigenvalue weighted by atomic mass is 10.2. The van der Waals surface area contributed by atoms with Crippen molar-refractivity contribution in [2.75, 3.05) is 0 Å². The van der Waals surface area contributed by atoms with Gasteiger partial charge in [-0.25, -0.2) is 0 Å². The second-order valence-corrected chi connectivity index (χ2v) is 6.34. The van der Waals surface area contributed by atoms with Gasteiger partial charge in [0.2, 0.25) is 4.80 Å². The van der Waals surface area contributed by atoms with E-state index in [1.54, 1.807) is 17.6 Å². The fourth-order valence-electron chi connectivity index (χ4n) is 2.25. The Hall–Kier alpha value is -2.43. The molecule has 0 saturated heterocycles. The van der Waals surface area contributed by atoms with E-state index in [1.807, 2.05) is 60.7 Å². The van der Waals surface area contributed by atoms with Crippen molar-refractivity contribution in [3.63, 3.8) is 0 Å². The summed E-state index contributed by atoms with van der Waals surface area (Å²) in [5, 5.41) is 11.4. The molecule has 0 bridgehead atoms. The van der Waals surface area contributed by atoms with E-state index in [4.69, 9.17) is 11.6 Å². The number of hydrogen-bond acceptors (Lipinski definition) is 3. The van der Waals surface area contributed by atoms with Crippen molar-refractivity contribution in [2.45, 2.75) is 6.54 Å². The number of halogens is 1. The molecule has 1 aromatic heterocycles. The van der Waals surface area contributed by atoms with Gasteiger partial charge in [-0.05, 0) is 23.3 Å². The van der Waals surface area contributed by atoms with E-state index in [0.717, 1.165) is 26.6 Å². The Morgan fingerprint density at radius 3 is 2.54 bits per heavy atom. The van der Waals surface area contributed by atoms with E-state index in [0.29, 0.717) is 6.54 Å². The van der Waals surface area contributed by atoms with Gasteiger partial charge < -0.3 is 4.57 Å². The molecule has 0 unspecified atom stereocenters. The smallest absolute Gasteiger partial charge is 0.211 e. The molecule has 0 saturated carbocycles. The van der Waals surface area contributed by atoms with Gasteiger partial charge in [0, 0.05) is 16.9 Å². The molecule has 0 spiro atoms. The average molecular weight is 354 g/mol. The highest BCUT2D eigenvalue weighted by molar-refractivity contribution is 7.07. The highest BCUT2D eigenvalue weighted by Gasteiger charge is 2.06. The van der Waals surface area contributed by atoms with E-state index in [1.165, 1.54) is 0 Å². The molecule has 0 amide bonds. The summed E-state index contributed by atoms with van der Waals surface area (Å²) in [7, 11) is 0. The molecule has 24 heavy (non-hydrogen) atoms. The minimum Gasteiger partial charge on any atom is -0.311 e. The first-order valence-electron chi connectivity index (χ1n) is 7.45. The van der Waals surface area contributed by atoms with E-state index in [9.17, 15) is 0 Å². The topological polar surface area (TPSA) is 29.6 Å². The predicted molar refractivity (Wildman–Crippen MR) is 103 cm³/mol. The molecule has 3 aromatic rings. The minimum absolute atomic E-state index is 0.668. The summed E-state index contributed by atoms with van der Waals surface area (Å²) < 4.78 is 2.09. The Morgan fingerprint density at radius 2 is 1.83 bits per heavy atom. The van der Waals surface area contributed by atoms with E-state index < -0.39 is 0 Å². The predicted octanol–water partition coefficient (Wildman–Crippen LogP) is 4.99. The molecule has 0 atom stereocenters. The Morgan fingerprint density at radius 1 is 1.08 bits per heavy atom. The number of benzene rings is 2. The molecular formula is C19H16ClN3S. The first-order valence-corrected chi connectivity index (χ1v) is 8.71. The maximum absolute atomic E-state index is 5.97. The van der Waals surface area contributed by atoms with Crippen LogP contribution < -0.4 is 4.80 Å². The van der Waals surface area contributed by atoms with Gasteiger partial charge in [-0.1, -0.05) is 60.1 Å². The Balaban J connectivity index is 1.96. The van der Waals surface area contributed by atoms with Gasteiger partial charge >= 0.3 is 0 Å². The SMILES string of the molecule is C=CCn1c(-c2ccc(Cl)cc2)cs/c1=N\N=C/c1ccccc1. The van der Waals surface area contributed by atoms with Crippen molar-refractivity contribution >= 4 is 29.2 Å². The lowest BCUT2D eigenvalue weighted by Crippen LogP contribution is -2.14. The van der Waals surface area contributed by atoms with Crippen LogP contribution in [0.4, 0.5) is 0 Å². The van der Waals surface area contributed by atoms with Crippen LogP contribution in [0.1, 0.15) is 5.56 Å². The Labute approximate surface area is 149 Å². The zero-order valence-corrected chi connectivity index (χ0v) is 14.5. The molecule has 0 N–H and O–H groups in total. The number of nitrogens with zero attached hydrogens (tertiary/aromatic N) is 3. The molecule has 0 fully saturated rings. The maximum Gasteiger partial charge on any atom is 0.211 e. The molecule has 0 aliphatic carbocycles. The summed E-state index contributed by atoms with van der Waals surface area (Å²) in [6, 6.07) is 17.7. The highest BCUT2D eigenvalue weighted by Crippen LogP contribution is 2.22. The van der Waals surface area contributed by atoms with Crippen LogP contribution in [-0.2, 0) is 6.54 Å². The fourth-order valence-corrected chi connectivity index (χ4v) is 3.25. The molecular weight excluding hydrogens is 338 g/mol. The van der Waals surface area contributed by atoms with Crippen LogP contribution in [0.3, 0.4) is 0 Å². The lowest BCUT2D eigenvalue weighted by molar-refractivity contribution is 0.789. The minimum atomic E-state index is 0.668. The average Bonchev–Trinajstić information content (AvgIpc) is 3.00. The summed E-state index contributed by atoms with van der Waals surface area (Å²) in [5.41, 5.74) is 3.18. The summed E-state index contributed by atoms with van der Waals surface area (Å²) in [6.45, 7) is 4.50. The largest absolute Gasteiger partial charge is 0.311 e. The summed E-state index contributed by atoms with van der Waals surface area (Å²) in [6.07, 6.45) is 3.60. The van der Waals surface area contributed by atoms with Gasteiger partial charge in [-0.2, -0.15) is 5.10 Å². The van der Waals surface area contributed by atoms with Crippen molar-refractivity contribution in [3.05, 3.63) is 88.0 Å². The Bertz CT molecular complexity index is 906. The van der Waals surface area contributed by atoms with Crippen molar-refractivity contribution in [1.82, 2.24) is 4.57 Å². The quantitative estimate of drug-likeness (QED) is 0.351. The number of allylic oxidation sites excluding steroid dienone is 1. The fraction of sp³-hybridized carbons (Fsp3) is 0.0526. The highest BCUT2D eigenvalue weighted by atomic mass is 35.5. The third kappa shape index (κ3) is 3.91. The van der Waals surface area contributed by atoms with Crippen molar-refractivity contribution < 1.29 is 0 Å². The lowest BCUT2D eigenvalue weighted by Gasteiger charge is -2.06. The molecule has 120 valence electrons. The maximum atomic E-state index is 5.97. The van der Waals surface area contributed by atoms with Crippen molar-refractivity contribution in [2.24, 2.45) is 10.2 Å². The van der Waals surface area contributed by atoms with Gasteiger partial charge in [-0.15, -0.1) is 23.0 Å². The first kappa shape index (κ1) is 16.4. The van der Waals surface area contributed by atoms with Gasteiger partial charge in [0.25, 0.3) is 0 Å². The van der Waals surface area contributed by atoms with Crippen LogP contribution in [0.2, 0.25) is 5.02 Å². The van der Waals surface area contributed by atoms with Crippen molar-refractivity contribution in [1.29, 1.82) is 0 Å². The Kier molecular flexibility index (Phi) is 5.41. The van der Waals surface area contributed by atoms with E-state index in [2.05, 4.69) is 26.7 Å². The number of rotatable bonds is 5. The zero-order valence-electron chi connectivity index (χ0n) is 13.0. The second kappa shape index (κ2) is 7.90. The molecule has 0 aliphatic rings. The molecule has 5 heteroatoms.